The van der Waals surface area contributed by atoms with Crippen molar-refractivity contribution in [2.45, 2.75) is 0 Å². The van der Waals surface area contributed by atoms with Gasteiger partial charge in [0.25, 0.3) is 0 Å². The van der Waals surface area contributed by atoms with Gasteiger partial charge in [-0.2, -0.15) is 0 Å². The fourth-order valence-corrected chi connectivity index (χ4v) is 8.00. The molecule has 7 aromatic carbocycles. The Kier molecular flexibility index (Phi) is 5.89. The Morgan fingerprint density at radius 3 is 1.61 bits per heavy atom. The third-order valence-corrected chi connectivity index (χ3v) is 10.2. The van der Waals surface area contributed by atoms with E-state index in [0.717, 1.165) is 66.6 Å². The summed E-state index contributed by atoms with van der Waals surface area (Å²) in [6, 6.07) is 57.8. The molecule has 0 saturated heterocycles. The van der Waals surface area contributed by atoms with E-state index >= 15 is 0 Å². The second-order valence-electron chi connectivity index (χ2n) is 13.0. The van der Waals surface area contributed by atoms with Gasteiger partial charge in [0, 0.05) is 43.7 Å². The summed E-state index contributed by atoms with van der Waals surface area (Å²) in [6.45, 7) is 0. The number of aromatic nitrogens is 4. The van der Waals surface area contributed by atoms with Crippen LogP contribution < -0.4 is 0 Å². The molecule has 0 aliphatic carbocycles. The summed E-state index contributed by atoms with van der Waals surface area (Å²) < 4.78 is 11.1. The van der Waals surface area contributed by atoms with Crippen LogP contribution in [0.4, 0.5) is 0 Å². The van der Waals surface area contributed by atoms with E-state index < -0.39 is 0 Å². The number of nitrogens with zero attached hydrogens (tertiary/aromatic N) is 4. The second kappa shape index (κ2) is 10.8. The standard InChI is InChI=1S/C46H28N4O/c1-2-13-29(14-3-1)31-19-12-20-36(45(31)50-40-23-10-6-17-34(40)35-18-7-11-24-41(35)50)46-47-28-43-44(48-46)37-27-30(25-26-42(37)51-43)49-38-21-8-4-15-32(38)33-16-5-9-22-39(33)49/h1-28H. The molecule has 51 heavy (non-hydrogen) atoms. The molecule has 0 spiro atoms. The molecule has 5 heteroatoms. The van der Waals surface area contributed by atoms with Crippen molar-refractivity contribution in [3.8, 4) is 33.9 Å². The highest BCUT2D eigenvalue weighted by molar-refractivity contribution is 6.12. The first-order valence-electron chi connectivity index (χ1n) is 17.2. The largest absolute Gasteiger partial charge is 0.453 e. The molecule has 0 unspecified atom stereocenters. The molecule has 0 aliphatic rings. The lowest BCUT2D eigenvalue weighted by Gasteiger charge is -2.18. The van der Waals surface area contributed by atoms with Crippen LogP contribution in [0.2, 0.25) is 0 Å². The summed E-state index contributed by atoms with van der Waals surface area (Å²) in [6.07, 6.45) is 1.82. The summed E-state index contributed by atoms with van der Waals surface area (Å²) in [5, 5.41) is 5.82. The van der Waals surface area contributed by atoms with Crippen LogP contribution in [0.25, 0.3) is 99.6 Å². The van der Waals surface area contributed by atoms with Crippen LogP contribution >= 0.6 is 0 Å². The maximum atomic E-state index is 6.36. The fraction of sp³-hybridized carbons (Fsp3) is 0. The highest BCUT2D eigenvalue weighted by Crippen LogP contribution is 2.41. The molecule has 0 saturated carbocycles. The summed E-state index contributed by atoms with van der Waals surface area (Å²) in [7, 11) is 0. The van der Waals surface area contributed by atoms with Gasteiger partial charge in [0.2, 0.25) is 0 Å². The van der Waals surface area contributed by atoms with Crippen LogP contribution in [-0.4, -0.2) is 19.1 Å². The van der Waals surface area contributed by atoms with Gasteiger partial charge in [-0.15, -0.1) is 0 Å². The van der Waals surface area contributed by atoms with E-state index in [4.69, 9.17) is 14.4 Å². The predicted molar refractivity (Wildman–Crippen MR) is 209 cm³/mol. The van der Waals surface area contributed by atoms with Gasteiger partial charge in [0.05, 0.1) is 34.0 Å². The molecular weight excluding hydrogens is 625 g/mol. The molecule has 11 rings (SSSR count). The van der Waals surface area contributed by atoms with Gasteiger partial charge in [0.15, 0.2) is 11.4 Å². The highest BCUT2D eigenvalue weighted by Gasteiger charge is 2.22. The van der Waals surface area contributed by atoms with E-state index in [1.54, 1.807) is 0 Å². The zero-order valence-corrected chi connectivity index (χ0v) is 27.4. The molecule has 5 nitrogen and oxygen atoms in total. The second-order valence-corrected chi connectivity index (χ2v) is 13.0. The van der Waals surface area contributed by atoms with Gasteiger partial charge in [-0.1, -0.05) is 115 Å². The van der Waals surface area contributed by atoms with Crippen molar-refractivity contribution in [2.75, 3.05) is 0 Å². The molecule has 0 aliphatic heterocycles. The van der Waals surface area contributed by atoms with E-state index in [2.05, 4.69) is 173 Å². The molecular formula is C46H28N4O. The minimum atomic E-state index is 0.641. The molecule has 0 N–H and O–H groups in total. The Bertz CT molecular complexity index is 3040. The first-order valence-corrected chi connectivity index (χ1v) is 17.2. The van der Waals surface area contributed by atoms with Gasteiger partial charge in [-0.05, 0) is 54.1 Å². The summed E-state index contributed by atoms with van der Waals surface area (Å²) >= 11 is 0. The average Bonchev–Trinajstić information content (AvgIpc) is 3.85. The van der Waals surface area contributed by atoms with Gasteiger partial charge in [-0.25, -0.2) is 9.97 Å². The third-order valence-electron chi connectivity index (χ3n) is 10.2. The van der Waals surface area contributed by atoms with Gasteiger partial charge >= 0.3 is 0 Å². The Morgan fingerprint density at radius 2 is 0.980 bits per heavy atom. The quantitative estimate of drug-likeness (QED) is 0.190. The topological polar surface area (TPSA) is 48.8 Å². The number of rotatable bonds is 4. The molecule has 238 valence electrons. The summed E-state index contributed by atoms with van der Waals surface area (Å²) in [5.41, 5.74) is 12.1. The lowest BCUT2D eigenvalue weighted by atomic mass is 9.99. The van der Waals surface area contributed by atoms with Crippen molar-refractivity contribution in [3.05, 3.63) is 170 Å². The van der Waals surface area contributed by atoms with Crippen LogP contribution in [0.1, 0.15) is 0 Å². The molecule has 4 aromatic heterocycles. The van der Waals surface area contributed by atoms with E-state index in [1.807, 2.05) is 6.20 Å². The number of para-hydroxylation sites is 5. The van der Waals surface area contributed by atoms with Crippen LogP contribution in [0.3, 0.4) is 0 Å². The van der Waals surface area contributed by atoms with Crippen LogP contribution in [0.5, 0.6) is 0 Å². The van der Waals surface area contributed by atoms with Crippen molar-refractivity contribution in [3.63, 3.8) is 0 Å². The monoisotopic (exact) mass is 652 g/mol. The number of hydrogen-bond acceptors (Lipinski definition) is 3. The SMILES string of the molecule is c1ccc(-c2cccc(-c3ncc4oc5ccc(-n6c7ccccc7c7ccccc76)cc5c4n3)c2-n2c3ccccc3c3ccccc32)cc1. The maximum absolute atomic E-state index is 6.36. The van der Waals surface area contributed by atoms with E-state index in [0.29, 0.717) is 11.4 Å². The first kappa shape index (κ1) is 27.9. The van der Waals surface area contributed by atoms with Gasteiger partial charge in [-0.3, -0.25) is 0 Å². The van der Waals surface area contributed by atoms with Crippen molar-refractivity contribution >= 4 is 65.7 Å². The number of benzene rings is 7. The van der Waals surface area contributed by atoms with Crippen LogP contribution in [0, 0.1) is 0 Å². The van der Waals surface area contributed by atoms with Crippen molar-refractivity contribution in [2.24, 2.45) is 0 Å². The molecule has 0 radical (unpaired) electrons. The molecule has 0 atom stereocenters. The van der Waals surface area contributed by atoms with Crippen LogP contribution in [-0.2, 0) is 0 Å². The number of hydrogen-bond donors (Lipinski definition) is 0. The molecule has 4 heterocycles. The average molecular weight is 653 g/mol. The maximum Gasteiger partial charge on any atom is 0.172 e. The Morgan fingerprint density at radius 1 is 0.431 bits per heavy atom. The Balaban J connectivity index is 1.18. The highest BCUT2D eigenvalue weighted by atomic mass is 16.3. The minimum absolute atomic E-state index is 0.641. The lowest BCUT2D eigenvalue weighted by Crippen LogP contribution is -2.02. The van der Waals surface area contributed by atoms with Gasteiger partial charge < -0.3 is 13.6 Å². The minimum Gasteiger partial charge on any atom is -0.453 e. The first-order chi connectivity index (χ1) is 25.3. The van der Waals surface area contributed by atoms with Crippen molar-refractivity contribution in [1.29, 1.82) is 0 Å². The molecule has 0 fully saturated rings. The number of furan rings is 1. The Labute approximate surface area is 292 Å². The smallest absolute Gasteiger partial charge is 0.172 e. The van der Waals surface area contributed by atoms with Crippen LogP contribution in [0.15, 0.2) is 174 Å². The van der Waals surface area contributed by atoms with Crippen molar-refractivity contribution < 1.29 is 4.42 Å². The van der Waals surface area contributed by atoms with E-state index in [-0.39, 0.29) is 0 Å². The molecule has 0 amide bonds. The Hall–Kier alpha value is -6.98. The third kappa shape index (κ3) is 4.09. The van der Waals surface area contributed by atoms with Gasteiger partial charge in [0.1, 0.15) is 11.1 Å². The fourth-order valence-electron chi connectivity index (χ4n) is 8.00. The lowest BCUT2D eigenvalue weighted by molar-refractivity contribution is 0.666. The molecule has 11 aromatic rings. The summed E-state index contributed by atoms with van der Waals surface area (Å²) in [5.74, 6) is 0.641. The summed E-state index contributed by atoms with van der Waals surface area (Å²) in [4.78, 5) is 10.3. The molecule has 0 bridgehead atoms. The van der Waals surface area contributed by atoms with E-state index in [9.17, 15) is 0 Å². The normalized spacial score (nSPS) is 11.9. The van der Waals surface area contributed by atoms with Crippen molar-refractivity contribution in [1.82, 2.24) is 19.1 Å². The zero-order valence-electron chi connectivity index (χ0n) is 27.4. The predicted octanol–water partition coefficient (Wildman–Crippen LogP) is 11.9. The number of fused-ring (bicyclic) bond motifs is 9. The zero-order chi connectivity index (χ0) is 33.5. The van der Waals surface area contributed by atoms with E-state index in [1.165, 1.54) is 21.5 Å².